The van der Waals surface area contributed by atoms with Gasteiger partial charge in [0, 0.05) is 0 Å². The molecule has 0 aliphatic rings. The number of carbonyl (C=O) groups excluding carboxylic acids is 1. The van der Waals surface area contributed by atoms with Crippen LogP contribution in [0.4, 0.5) is 0 Å². The van der Waals surface area contributed by atoms with Gasteiger partial charge >= 0.3 is 0 Å². The van der Waals surface area contributed by atoms with Gasteiger partial charge in [-0.1, -0.05) is 24.3 Å². The van der Waals surface area contributed by atoms with Gasteiger partial charge in [0.2, 0.25) is 5.91 Å². The molecule has 0 unspecified atom stereocenters. The minimum Gasteiger partial charge on any atom is -0.497 e. The van der Waals surface area contributed by atoms with Crippen molar-refractivity contribution < 1.29 is 9.53 Å². The average molecular weight is 252 g/mol. The number of carbonyl (C=O) groups is 1. The van der Waals surface area contributed by atoms with Crippen molar-refractivity contribution in [2.45, 2.75) is 6.42 Å². The van der Waals surface area contributed by atoms with E-state index in [1.807, 2.05) is 36.4 Å². The molecule has 2 aromatic carbocycles. The molecule has 2 rings (SSSR count). The molecule has 3 nitrogen and oxygen atoms in total. The number of fused-ring (bicyclic) bond motifs is 1. The molecule has 0 spiro atoms. The Morgan fingerprint density at radius 3 is 2.47 bits per heavy atom. The van der Waals surface area contributed by atoms with Crippen molar-refractivity contribution in [3.05, 3.63) is 42.0 Å². The smallest absolute Gasteiger partial charge is 0.221 e. The van der Waals surface area contributed by atoms with Crippen LogP contribution in [0, 0.1) is 0 Å². The van der Waals surface area contributed by atoms with Crippen LogP contribution in [0.3, 0.4) is 0 Å². The highest BCUT2D eigenvalue weighted by atomic mass is 35.5. The number of amides is 1. The van der Waals surface area contributed by atoms with Crippen LogP contribution in [0.2, 0.25) is 0 Å². The standard InChI is InChI=1S/C13H13NO2.ClH/c1-16-12-5-4-10-6-9(7-13(14)15)2-3-11(10)8-12;/h2-6,8H,7H2,1H3,(H2,14,15);1H. The summed E-state index contributed by atoms with van der Waals surface area (Å²) < 4.78 is 5.14. The number of hydrogen-bond acceptors (Lipinski definition) is 2. The molecule has 0 saturated heterocycles. The molecule has 1 amide bonds. The maximum absolute atomic E-state index is 10.8. The molecule has 90 valence electrons. The van der Waals surface area contributed by atoms with Gasteiger partial charge in [0.05, 0.1) is 13.5 Å². The predicted octanol–water partition coefficient (Wildman–Crippen LogP) is 2.30. The van der Waals surface area contributed by atoms with Crippen molar-refractivity contribution in [2.75, 3.05) is 7.11 Å². The topological polar surface area (TPSA) is 52.3 Å². The molecule has 0 heterocycles. The molecule has 4 heteroatoms. The Morgan fingerprint density at radius 2 is 1.82 bits per heavy atom. The summed E-state index contributed by atoms with van der Waals surface area (Å²) >= 11 is 0. The molecule has 0 atom stereocenters. The number of halogens is 1. The van der Waals surface area contributed by atoms with E-state index in [1.165, 1.54) is 0 Å². The second kappa shape index (κ2) is 5.55. The Morgan fingerprint density at radius 1 is 1.18 bits per heavy atom. The van der Waals surface area contributed by atoms with Crippen LogP contribution in [0.25, 0.3) is 10.8 Å². The fraction of sp³-hybridized carbons (Fsp3) is 0.154. The van der Waals surface area contributed by atoms with E-state index in [4.69, 9.17) is 10.5 Å². The number of ether oxygens (including phenoxy) is 1. The highest BCUT2D eigenvalue weighted by Crippen LogP contribution is 2.21. The van der Waals surface area contributed by atoms with E-state index in [-0.39, 0.29) is 24.7 Å². The largest absolute Gasteiger partial charge is 0.497 e. The Bertz CT molecular complexity index is 540. The Hall–Kier alpha value is -1.74. The maximum atomic E-state index is 10.8. The highest BCUT2D eigenvalue weighted by molar-refractivity contribution is 5.86. The van der Waals surface area contributed by atoms with Gasteiger partial charge in [-0.25, -0.2) is 0 Å². The third-order valence-electron chi connectivity index (χ3n) is 2.49. The van der Waals surface area contributed by atoms with Gasteiger partial charge in [-0.05, 0) is 28.5 Å². The second-order valence-electron chi connectivity index (χ2n) is 3.69. The minimum atomic E-state index is -0.312. The molecular formula is C13H14ClNO2. The summed E-state index contributed by atoms with van der Waals surface area (Å²) in [4.78, 5) is 10.8. The first-order chi connectivity index (χ1) is 7.69. The van der Waals surface area contributed by atoms with Gasteiger partial charge in [-0.3, -0.25) is 4.79 Å². The van der Waals surface area contributed by atoms with E-state index in [0.29, 0.717) is 0 Å². The van der Waals surface area contributed by atoms with Crippen LogP contribution in [-0.2, 0) is 11.2 Å². The van der Waals surface area contributed by atoms with Crippen LogP contribution in [-0.4, -0.2) is 13.0 Å². The molecule has 17 heavy (non-hydrogen) atoms. The fourth-order valence-corrected chi connectivity index (χ4v) is 1.71. The van der Waals surface area contributed by atoms with Crippen LogP contribution in [0.5, 0.6) is 5.75 Å². The lowest BCUT2D eigenvalue weighted by Gasteiger charge is -2.04. The lowest BCUT2D eigenvalue weighted by molar-refractivity contribution is -0.117. The quantitative estimate of drug-likeness (QED) is 0.910. The maximum Gasteiger partial charge on any atom is 0.221 e. The number of benzene rings is 2. The van der Waals surface area contributed by atoms with E-state index >= 15 is 0 Å². The van der Waals surface area contributed by atoms with Crippen LogP contribution in [0.15, 0.2) is 36.4 Å². The van der Waals surface area contributed by atoms with Gasteiger partial charge < -0.3 is 10.5 Å². The van der Waals surface area contributed by atoms with Gasteiger partial charge in [-0.2, -0.15) is 0 Å². The SMILES string of the molecule is COc1ccc2cc(CC(N)=O)ccc2c1.Cl. The lowest BCUT2D eigenvalue weighted by atomic mass is 10.0. The van der Waals surface area contributed by atoms with E-state index in [1.54, 1.807) is 7.11 Å². The normalized spacial score (nSPS) is 9.71. The van der Waals surface area contributed by atoms with Gasteiger partial charge in [0.15, 0.2) is 0 Å². The highest BCUT2D eigenvalue weighted by Gasteiger charge is 2.01. The molecule has 0 fully saturated rings. The van der Waals surface area contributed by atoms with E-state index < -0.39 is 0 Å². The first kappa shape index (κ1) is 13.3. The molecule has 0 radical (unpaired) electrons. The van der Waals surface area contributed by atoms with Crippen molar-refractivity contribution in [3.8, 4) is 5.75 Å². The Kier molecular flexibility index (Phi) is 4.35. The number of methoxy groups -OCH3 is 1. The number of nitrogens with two attached hydrogens (primary N) is 1. The minimum absolute atomic E-state index is 0. The van der Waals surface area contributed by atoms with Crippen molar-refractivity contribution in [2.24, 2.45) is 5.73 Å². The molecule has 0 aromatic heterocycles. The molecule has 0 saturated carbocycles. The molecule has 2 N–H and O–H groups in total. The zero-order valence-electron chi connectivity index (χ0n) is 9.47. The summed E-state index contributed by atoms with van der Waals surface area (Å²) in [5.41, 5.74) is 6.09. The lowest BCUT2D eigenvalue weighted by Crippen LogP contribution is -2.13. The summed E-state index contributed by atoms with van der Waals surface area (Å²) in [6.07, 6.45) is 0.280. The molecule has 0 bridgehead atoms. The number of hydrogen-bond donors (Lipinski definition) is 1. The summed E-state index contributed by atoms with van der Waals surface area (Å²) in [5.74, 6) is 0.517. The predicted molar refractivity (Wildman–Crippen MR) is 70.6 cm³/mol. The summed E-state index contributed by atoms with van der Waals surface area (Å²) in [6, 6.07) is 11.7. The third-order valence-corrected chi connectivity index (χ3v) is 2.49. The van der Waals surface area contributed by atoms with Gasteiger partial charge in [-0.15, -0.1) is 12.4 Å². The molecule has 0 aliphatic carbocycles. The number of primary amides is 1. The van der Waals surface area contributed by atoms with Crippen molar-refractivity contribution in [3.63, 3.8) is 0 Å². The third kappa shape index (κ3) is 3.11. The van der Waals surface area contributed by atoms with Crippen LogP contribution >= 0.6 is 12.4 Å². The van der Waals surface area contributed by atoms with Crippen LogP contribution < -0.4 is 10.5 Å². The van der Waals surface area contributed by atoms with Crippen molar-refractivity contribution in [1.29, 1.82) is 0 Å². The fourth-order valence-electron chi connectivity index (χ4n) is 1.71. The van der Waals surface area contributed by atoms with Crippen molar-refractivity contribution in [1.82, 2.24) is 0 Å². The number of rotatable bonds is 3. The summed E-state index contributed by atoms with van der Waals surface area (Å²) in [7, 11) is 1.64. The van der Waals surface area contributed by atoms with Gasteiger partial charge in [0.25, 0.3) is 0 Å². The first-order valence-corrected chi connectivity index (χ1v) is 5.04. The average Bonchev–Trinajstić information content (AvgIpc) is 2.27. The monoisotopic (exact) mass is 251 g/mol. The first-order valence-electron chi connectivity index (χ1n) is 5.04. The van der Waals surface area contributed by atoms with E-state index in [9.17, 15) is 4.79 Å². The Labute approximate surface area is 106 Å². The van der Waals surface area contributed by atoms with E-state index in [2.05, 4.69) is 0 Å². The zero-order chi connectivity index (χ0) is 11.5. The van der Waals surface area contributed by atoms with E-state index in [0.717, 1.165) is 22.1 Å². The summed E-state index contributed by atoms with van der Waals surface area (Å²) in [6.45, 7) is 0. The van der Waals surface area contributed by atoms with Gasteiger partial charge in [0.1, 0.15) is 5.75 Å². The Balaban J connectivity index is 0.00000144. The van der Waals surface area contributed by atoms with Crippen LogP contribution in [0.1, 0.15) is 5.56 Å². The second-order valence-corrected chi connectivity index (χ2v) is 3.69. The zero-order valence-corrected chi connectivity index (χ0v) is 10.3. The molecule has 2 aromatic rings. The van der Waals surface area contributed by atoms with Crippen molar-refractivity contribution >= 4 is 29.1 Å². The molecule has 0 aliphatic heterocycles. The summed E-state index contributed by atoms with van der Waals surface area (Å²) in [5, 5.41) is 2.17. The molecular weight excluding hydrogens is 238 g/mol.